The monoisotopic (exact) mass is 388 g/mol. The fraction of sp³-hybridized carbons (Fsp3) is 0.273. The van der Waals surface area contributed by atoms with Crippen molar-refractivity contribution in [3.63, 3.8) is 0 Å². The summed E-state index contributed by atoms with van der Waals surface area (Å²) in [6.45, 7) is 5.47. The predicted octanol–water partition coefficient (Wildman–Crippen LogP) is 3.58. The molecular weight excluding hydrogens is 364 g/mol. The van der Waals surface area contributed by atoms with Gasteiger partial charge in [-0.3, -0.25) is 9.78 Å². The summed E-state index contributed by atoms with van der Waals surface area (Å²) in [4.78, 5) is 30.6. The number of likely N-dealkylation sites (N-methyl/N-ethyl adjacent to an activating group) is 1. The average molecular weight is 388 g/mol. The van der Waals surface area contributed by atoms with Gasteiger partial charge in [0.05, 0.1) is 11.3 Å². The molecule has 1 aliphatic rings. The van der Waals surface area contributed by atoms with Crippen molar-refractivity contribution in [2.24, 2.45) is 0 Å². The molecule has 0 aromatic carbocycles. The number of anilines is 4. The Morgan fingerprint density at radius 2 is 1.93 bits per heavy atom. The number of aryl methyl sites for hydroxylation is 1. The Labute approximate surface area is 170 Å². The molecule has 1 aliphatic heterocycles. The number of rotatable bonds is 5. The molecule has 1 amide bonds. The summed E-state index contributed by atoms with van der Waals surface area (Å²) in [5.74, 6) is 2.04. The molecule has 0 saturated heterocycles. The first-order valence-electron chi connectivity index (χ1n) is 9.75. The van der Waals surface area contributed by atoms with Gasteiger partial charge in [0.15, 0.2) is 5.82 Å². The smallest absolute Gasteiger partial charge is 0.259 e. The third-order valence-corrected chi connectivity index (χ3v) is 5.10. The Hall–Kier alpha value is -3.48. The Balaban J connectivity index is 1.69. The van der Waals surface area contributed by atoms with Gasteiger partial charge in [0.2, 0.25) is 0 Å². The molecule has 0 radical (unpaired) electrons. The van der Waals surface area contributed by atoms with Crippen molar-refractivity contribution in [3.8, 4) is 0 Å². The molecule has 0 saturated carbocycles. The number of nitrogens with zero attached hydrogens (tertiary/aromatic N) is 5. The average Bonchev–Trinajstić information content (AvgIpc) is 2.87. The Morgan fingerprint density at radius 1 is 1.10 bits per heavy atom. The molecule has 4 rings (SSSR count). The van der Waals surface area contributed by atoms with E-state index in [1.54, 1.807) is 18.3 Å². The van der Waals surface area contributed by atoms with E-state index >= 15 is 0 Å². The van der Waals surface area contributed by atoms with Crippen LogP contribution in [0.3, 0.4) is 0 Å². The van der Waals surface area contributed by atoms with E-state index in [1.165, 1.54) is 0 Å². The molecule has 7 nitrogen and oxygen atoms in total. The molecule has 148 valence electrons. The number of aromatic nitrogens is 3. The van der Waals surface area contributed by atoms with Crippen LogP contribution in [0.5, 0.6) is 0 Å². The van der Waals surface area contributed by atoms with Crippen molar-refractivity contribution in [2.45, 2.75) is 20.3 Å². The third-order valence-electron chi connectivity index (χ3n) is 5.10. The summed E-state index contributed by atoms with van der Waals surface area (Å²) in [5.41, 5.74) is 3.30. The van der Waals surface area contributed by atoms with E-state index in [4.69, 9.17) is 4.98 Å². The molecule has 3 aromatic heterocycles. The van der Waals surface area contributed by atoms with Crippen LogP contribution in [-0.4, -0.2) is 41.0 Å². The van der Waals surface area contributed by atoms with Crippen molar-refractivity contribution >= 4 is 29.0 Å². The number of carbonyl (C=O) groups is 1. The van der Waals surface area contributed by atoms with Gasteiger partial charge in [0, 0.05) is 44.6 Å². The summed E-state index contributed by atoms with van der Waals surface area (Å²) in [6.07, 6.45) is 4.34. The molecule has 29 heavy (non-hydrogen) atoms. The second-order valence-electron chi connectivity index (χ2n) is 7.06. The zero-order chi connectivity index (χ0) is 20.4. The van der Waals surface area contributed by atoms with Gasteiger partial charge in [-0.2, -0.15) is 0 Å². The molecule has 1 N–H and O–H groups in total. The molecular formula is C22H24N6O. The largest absolute Gasteiger partial charge is 0.359 e. The maximum atomic E-state index is 12.7. The lowest BCUT2D eigenvalue weighted by molar-refractivity contribution is 0.102. The lowest BCUT2D eigenvalue weighted by Crippen LogP contribution is -2.24. The Bertz CT molecular complexity index is 1040. The number of hydrogen-bond donors (Lipinski definition) is 1. The van der Waals surface area contributed by atoms with E-state index in [0.717, 1.165) is 41.5 Å². The van der Waals surface area contributed by atoms with E-state index in [2.05, 4.69) is 20.2 Å². The van der Waals surface area contributed by atoms with Gasteiger partial charge in [0.1, 0.15) is 11.6 Å². The fourth-order valence-electron chi connectivity index (χ4n) is 3.50. The molecule has 0 atom stereocenters. The number of hydrogen-bond acceptors (Lipinski definition) is 6. The highest BCUT2D eigenvalue weighted by Crippen LogP contribution is 2.38. The molecule has 4 heterocycles. The summed E-state index contributed by atoms with van der Waals surface area (Å²) >= 11 is 0. The van der Waals surface area contributed by atoms with Crippen LogP contribution < -0.4 is 15.1 Å². The van der Waals surface area contributed by atoms with E-state index < -0.39 is 0 Å². The van der Waals surface area contributed by atoms with Crippen LogP contribution in [0.25, 0.3) is 0 Å². The van der Waals surface area contributed by atoms with Crippen LogP contribution in [0.1, 0.15) is 28.5 Å². The van der Waals surface area contributed by atoms with E-state index in [0.29, 0.717) is 17.9 Å². The Morgan fingerprint density at radius 3 is 2.69 bits per heavy atom. The third kappa shape index (κ3) is 3.63. The number of pyridine rings is 3. The first kappa shape index (κ1) is 18.9. The second kappa shape index (κ2) is 7.87. The van der Waals surface area contributed by atoms with Crippen LogP contribution >= 0.6 is 0 Å². The quantitative estimate of drug-likeness (QED) is 0.720. The first-order valence-corrected chi connectivity index (χ1v) is 9.75. The van der Waals surface area contributed by atoms with Crippen LogP contribution in [0.2, 0.25) is 0 Å². The first-order chi connectivity index (χ1) is 14.1. The topological polar surface area (TPSA) is 74.2 Å². The number of nitrogens with one attached hydrogen (secondary N) is 1. The van der Waals surface area contributed by atoms with Crippen LogP contribution in [0, 0.1) is 6.92 Å². The predicted molar refractivity (Wildman–Crippen MR) is 115 cm³/mol. The maximum absolute atomic E-state index is 12.7. The van der Waals surface area contributed by atoms with Gasteiger partial charge in [-0.25, -0.2) is 9.97 Å². The van der Waals surface area contributed by atoms with Gasteiger partial charge < -0.3 is 15.1 Å². The molecule has 0 spiro atoms. The van der Waals surface area contributed by atoms with Crippen molar-refractivity contribution in [3.05, 3.63) is 65.6 Å². The van der Waals surface area contributed by atoms with Gasteiger partial charge in [0.25, 0.3) is 5.91 Å². The highest BCUT2D eigenvalue weighted by atomic mass is 16.1. The fourth-order valence-corrected chi connectivity index (χ4v) is 3.50. The minimum absolute atomic E-state index is 0.161. The van der Waals surface area contributed by atoms with Crippen LogP contribution in [-0.2, 0) is 6.42 Å². The number of carbonyl (C=O) groups excluding carboxylic acids is 1. The normalized spacial score (nSPS) is 12.7. The molecule has 0 fully saturated rings. The van der Waals surface area contributed by atoms with Gasteiger partial charge in [-0.05, 0) is 49.7 Å². The van der Waals surface area contributed by atoms with Gasteiger partial charge in [-0.1, -0.05) is 6.07 Å². The van der Waals surface area contributed by atoms with E-state index in [9.17, 15) is 4.79 Å². The molecule has 0 aliphatic carbocycles. The number of amides is 1. The number of fused-ring (bicyclic) bond motifs is 2. The van der Waals surface area contributed by atoms with Crippen molar-refractivity contribution in [2.75, 3.05) is 35.3 Å². The maximum Gasteiger partial charge on any atom is 0.259 e. The van der Waals surface area contributed by atoms with Crippen LogP contribution in [0.15, 0.2) is 48.8 Å². The van der Waals surface area contributed by atoms with E-state index in [1.807, 2.05) is 56.3 Å². The zero-order valence-corrected chi connectivity index (χ0v) is 16.9. The van der Waals surface area contributed by atoms with Gasteiger partial charge >= 0.3 is 0 Å². The van der Waals surface area contributed by atoms with Crippen molar-refractivity contribution < 1.29 is 4.79 Å². The molecule has 7 heteroatoms. The summed E-state index contributed by atoms with van der Waals surface area (Å²) in [5, 5.41) is 3.02. The highest BCUT2D eigenvalue weighted by molar-refractivity contribution is 6.11. The highest BCUT2D eigenvalue weighted by Gasteiger charge is 2.28. The minimum Gasteiger partial charge on any atom is -0.359 e. The van der Waals surface area contributed by atoms with Crippen molar-refractivity contribution in [1.29, 1.82) is 0 Å². The second-order valence-corrected chi connectivity index (χ2v) is 7.06. The standard InChI is InChI=1S/C22H24N6O/c1-4-28-20-17(9-7-12-24-20)22(29)26-19-15(2)14-18(25-21(19)28)27(3)13-10-16-8-5-6-11-23-16/h5-9,11-12,14H,4,10,13H2,1-3H3,(H,26,29). The van der Waals surface area contributed by atoms with Gasteiger partial charge in [-0.15, -0.1) is 0 Å². The Kier molecular flexibility index (Phi) is 5.12. The van der Waals surface area contributed by atoms with Crippen molar-refractivity contribution in [1.82, 2.24) is 15.0 Å². The van der Waals surface area contributed by atoms with Crippen LogP contribution in [0.4, 0.5) is 23.1 Å². The lowest BCUT2D eigenvalue weighted by Gasteiger charge is -2.26. The molecule has 0 bridgehead atoms. The van der Waals surface area contributed by atoms with E-state index in [-0.39, 0.29) is 5.91 Å². The summed E-state index contributed by atoms with van der Waals surface area (Å²) in [6, 6.07) is 11.5. The lowest BCUT2D eigenvalue weighted by atomic mass is 10.2. The summed E-state index contributed by atoms with van der Waals surface area (Å²) < 4.78 is 0. The summed E-state index contributed by atoms with van der Waals surface area (Å²) in [7, 11) is 2.02. The minimum atomic E-state index is -0.161. The molecule has 3 aromatic rings. The molecule has 0 unspecified atom stereocenters. The zero-order valence-electron chi connectivity index (χ0n) is 16.9. The SMILES string of the molecule is CCN1c2ncccc2C(=O)Nc2c(C)cc(N(C)CCc3ccccn3)nc21.